The van der Waals surface area contributed by atoms with E-state index in [0.29, 0.717) is 15.7 Å². The first-order chi connectivity index (χ1) is 9.86. The fourth-order valence-corrected chi connectivity index (χ4v) is 2.87. The fraction of sp³-hybridized carbons (Fsp3) is 0.533. The van der Waals surface area contributed by atoms with E-state index in [1.54, 1.807) is 18.2 Å². The first kappa shape index (κ1) is 16.6. The maximum Gasteiger partial charge on any atom is 0.241 e. The lowest BCUT2D eigenvalue weighted by Gasteiger charge is -2.38. The van der Waals surface area contributed by atoms with Crippen LogP contribution < -0.4 is 5.32 Å². The Morgan fingerprint density at radius 2 is 1.95 bits per heavy atom. The van der Waals surface area contributed by atoms with Crippen molar-refractivity contribution in [2.24, 2.45) is 0 Å². The molecule has 0 aromatic heterocycles. The molecule has 1 aliphatic heterocycles. The lowest BCUT2D eigenvalue weighted by atomic mass is 10.1. The van der Waals surface area contributed by atoms with Crippen LogP contribution >= 0.6 is 23.2 Å². The first-order valence-corrected chi connectivity index (χ1v) is 7.78. The van der Waals surface area contributed by atoms with E-state index in [4.69, 9.17) is 27.9 Å². The van der Waals surface area contributed by atoms with E-state index in [0.717, 1.165) is 13.1 Å². The van der Waals surface area contributed by atoms with Gasteiger partial charge in [-0.05, 0) is 39.0 Å². The lowest BCUT2D eigenvalue weighted by Crippen LogP contribution is -2.52. The van der Waals surface area contributed by atoms with Crippen molar-refractivity contribution >= 4 is 34.8 Å². The normalized spacial score (nSPS) is 24.6. The van der Waals surface area contributed by atoms with Crippen molar-refractivity contribution in [1.82, 2.24) is 4.90 Å². The van der Waals surface area contributed by atoms with Crippen LogP contribution in [0, 0.1) is 0 Å². The number of benzene rings is 1. The second-order valence-corrected chi connectivity index (χ2v) is 6.34. The quantitative estimate of drug-likeness (QED) is 0.923. The van der Waals surface area contributed by atoms with Crippen molar-refractivity contribution < 1.29 is 9.53 Å². The molecule has 6 heteroatoms. The van der Waals surface area contributed by atoms with Gasteiger partial charge in [0.2, 0.25) is 5.91 Å². The highest BCUT2D eigenvalue weighted by molar-refractivity contribution is 6.35. The molecule has 0 aliphatic carbocycles. The van der Waals surface area contributed by atoms with Crippen molar-refractivity contribution in [2.45, 2.75) is 39.0 Å². The van der Waals surface area contributed by atoms with Crippen LogP contribution in [0.2, 0.25) is 10.0 Å². The molecule has 1 amide bonds. The molecule has 3 atom stereocenters. The van der Waals surface area contributed by atoms with Gasteiger partial charge >= 0.3 is 0 Å². The third-order valence-corrected chi connectivity index (χ3v) is 4.13. The van der Waals surface area contributed by atoms with Crippen LogP contribution in [-0.2, 0) is 9.53 Å². The molecular formula is C15H20Cl2N2O2. The molecule has 116 valence electrons. The predicted molar refractivity (Wildman–Crippen MR) is 86.1 cm³/mol. The highest BCUT2D eigenvalue weighted by atomic mass is 35.5. The van der Waals surface area contributed by atoms with Crippen LogP contribution in [-0.4, -0.2) is 42.1 Å². The largest absolute Gasteiger partial charge is 0.373 e. The summed E-state index contributed by atoms with van der Waals surface area (Å²) in [6.45, 7) is 7.39. The molecular weight excluding hydrogens is 311 g/mol. The Kier molecular flexibility index (Phi) is 5.49. The average Bonchev–Trinajstić information content (AvgIpc) is 2.41. The zero-order chi connectivity index (χ0) is 15.6. The Hall–Kier alpha value is -0.810. The highest BCUT2D eigenvalue weighted by Gasteiger charge is 2.29. The number of hydrogen-bond donors (Lipinski definition) is 1. The van der Waals surface area contributed by atoms with Gasteiger partial charge in [0.1, 0.15) is 0 Å². The summed E-state index contributed by atoms with van der Waals surface area (Å²) in [6, 6.07) is 4.75. The molecule has 0 saturated carbocycles. The molecule has 1 aliphatic rings. The Bertz CT molecular complexity index is 514. The molecule has 4 nitrogen and oxygen atoms in total. The van der Waals surface area contributed by atoms with Gasteiger partial charge in [0.25, 0.3) is 0 Å². The van der Waals surface area contributed by atoms with Crippen LogP contribution in [0.5, 0.6) is 0 Å². The number of nitrogens with one attached hydrogen (secondary N) is 1. The van der Waals surface area contributed by atoms with Gasteiger partial charge in [-0.25, -0.2) is 0 Å². The number of nitrogens with zero attached hydrogens (tertiary/aromatic N) is 1. The van der Waals surface area contributed by atoms with E-state index in [9.17, 15) is 4.79 Å². The van der Waals surface area contributed by atoms with Gasteiger partial charge in [-0.3, -0.25) is 9.69 Å². The number of halogens is 2. The Labute approximate surface area is 135 Å². The zero-order valence-corrected chi connectivity index (χ0v) is 13.9. The highest BCUT2D eigenvalue weighted by Crippen LogP contribution is 2.26. The van der Waals surface area contributed by atoms with Crippen molar-refractivity contribution in [1.29, 1.82) is 0 Å². The van der Waals surface area contributed by atoms with Crippen molar-refractivity contribution in [3.63, 3.8) is 0 Å². The topological polar surface area (TPSA) is 41.6 Å². The smallest absolute Gasteiger partial charge is 0.241 e. The number of carbonyl (C=O) groups is 1. The van der Waals surface area contributed by atoms with Crippen molar-refractivity contribution in [3.05, 3.63) is 28.2 Å². The molecule has 1 aromatic carbocycles. The maximum absolute atomic E-state index is 12.4. The maximum atomic E-state index is 12.4. The van der Waals surface area contributed by atoms with Crippen LogP contribution in [0.25, 0.3) is 0 Å². The van der Waals surface area contributed by atoms with Crippen LogP contribution in [0.3, 0.4) is 0 Å². The van der Waals surface area contributed by atoms with Gasteiger partial charge < -0.3 is 10.1 Å². The van der Waals surface area contributed by atoms with E-state index < -0.39 is 0 Å². The number of carbonyl (C=O) groups excluding carboxylic acids is 1. The molecule has 0 bridgehead atoms. The SMILES string of the molecule is C[C@@H]1CN([C@@H](C)C(=O)Nc2cc(Cl)ccc2Cl)C[C@@H](C)O1. The lowest BCUT2D eigenvalue weighted by molar-refractivity contribution is -0.126. The van der Waals surface area contributed by atoms with Crippen LogP contribution in [0.1, 0.15) is 20.8 Å². The van der Waals surface area contributed by atoms with Crippen molar-refractivity contribution in [2.75, 3.05) is 18.4 Å². The van der Waals surface area contributed by atoms with Gasteiger partial charge in [0.05, 0.1) is 29.0 Å². The Morgan fingerprint density at radius 1 is 1.33 bits per heavy atom. The second-order valence-electron chi connectivity index (χ2n) is 5.50. The van der Waals surface area contributed by atoms with E-state index >= 15 is 0 Å². The van der Waals surface area contributed by atoms with Gasteiger partial charge in [-0.15, -0.1) is 0 Å². The molecule has 21 heavy (non-hydrogen) atoms. The summed E-state index contributed by atoms with van der Waals surface area (Å²) in [5.74, 6) is -0.0968. The summed E-state index contributed by atoms with van der Waals surface area (Å²) in [6.07, 6.45) is 0.248. The van der Waals surface area contributed by atoms with Crippen molar-refractivity contribution in [3.8, 4) is 0 Å². The molecule has 1 N–H and O–H groups in total. The van der Waals surface area contributed by atoms with Crippen LogP contribution in [0.4, 0.5) is 5.69 Å². The van der Waals surface area contributed by atoms with Gasteiger partial charge in [-0.2, -0.15) is 0 Å². The molecule has 0 radical (unpaired) electrons. The summed E-state index contributed by atoms with van der Waals surface area (Å²) >= 11 is 12.0. The van der Waals surface area contributed by atoms with Crippen LogP contribution in [0.15, 0.2) is 18.2 Å². The van der Waals surface area contributed by atoms with Gasteiger partial charge in [0, 0.05) is 18.1 Å². The number of hydrogen-bond acceptors (Lipinski definition) is 3. The number of morpholine rings is 1. The molecule has 1 aromatic rings. The first-order valence-electron chi connectivity index (χ1n) is 7.02. The molecule has 1 heterocycles. The Morgan fingerprint density at radius 3 is 2.57 bits per heavy atom. The van der Waals surface area contributed by atoms with E-state index in [1.807, 2.05) is 20.8 Å². The minimum atomic E-state index is -0.256. The average molecular weight is 331 g/mol. The monoisotopic (exact) mass is 330 g/mol. The molecule has 1 fully saturated rings. The summed E-state index contributed by atoms with van der Waals surface area (Å²) in [7, 11) is 0. The van der Waals surface area contributed by atoms with Gasteiger partial charge in [0.15, 0.2) is 0 Å². The van der Waals surface area contributed by atoms with E-state index in [2.05, 4.69) is 10.2 Å². The third-order valence-electron chi connectivity index (χ3n) is 3.56. The molecule has 1 saturated heterocycles. The predicted octanol–water partition coefficient (Wildman–Crippen LogP) is 3.43. The van der Waals surface area contributed by atoms with Gasteiger partial charge in [-0.1, -0.05) is 23.2 Å². The van der Waals surface area contributed by atoms with E-state index in [1.165, 1.54) is 0 Å². The second kappa shape index (κ2) is 6.97. The van der Waals surface area contributed by atoms with E-state index in [-0.39, 0.29) is 24.2 Å². The minimum absolute atomic E-state index is 0.0968. The summed E-state index contributed by atoms with van der Waals surface area (Å²) in [4.78, 5) is 14.5. The molecule has 0 spiro atoms. The number of rotatable bonds is 3. The summed E-state index contributed by atoms with van der Waals surface area (Å²) in [5.41, 5.74) is 0.537. The number of ether oxygens (including phenoxy) is 1. The molecule has 2 rings (SSSR count). The Balaban J connectivity index is 2.04. The summed E-state index contributed by atoms with van der Waals surface area (Å²) in [5, 5.41) is 3.85. The zero-order valence-electron chi connectivity index (χ0n) is 12.4. The standard InChI is InChI=1S/C15H20Cl2N2O2/c1-9-7-19(8-10(2)21-9)11(3)15(20)18-14-6-12(16)4-5-13(14)17/h4-6,9-11H,7-8H2,1-3H3,(H,18,20)/t9-,10-,11+/m1/s1. The minimum Gasteiger partial charge on any atom is -0.373 e. The number of anilines is 1. The summed E-state index contributed by atoms with van der Waals surface area (Å²) < 4.78 is 5.69. The third kappa shape index (κ3) is 4.33. The number of amides is 1. The fourth-order valence-electron chi connectivity index (χ4n) is 2.53. The molecule has 0 unspecified atom stereocenters.